The number of hydrogen-bond acceptors (Lipinski definition) is 19. The third-order valence-corrected chi connectivity index (χ3v) is 14.3. The number of rotatable bonds is 29. The highest BCUT2D eigenvalue weighted by molar-refractivity contribution is 5.99. The maximum absolute atomic E-state index is 14.5. The van der Waals surface area contributed by atoms with Crippen LogP contribution in [0.1, 0.15) is 118 Å². The van der Waals surface area contributed by atoms with Crippen molar-refractivity contribution in [2.24, 2.45) is 40.5 Å². The summed E-state index contributed by atoms with van der Waals surface area (Å²) in [7, 11) is 0. The molecular formula is C56H98N16O14. The van der Waals surface area contributed by atoms with Crippen LogP contribution in [-0.2, 0) is 59.2 Å². The van der Waals surface area contributed by atoms with E-state index in [1.165, 1.54) is 13.8 Å². The average molecular weight is 1220 g/mol. The fourth-order valence-corrected chi connectivity index (χ4v) is 9.12. The Morgan fingerprint density at radius 2 is 1.05 bits per heavy atom. The van der Waals surface area contributed by atoms with Crippen LogP contribution in [0, 0.1) is 11.8 Å². The monoisotopic (exact) mass is 1220 g/mol. The summed E-state index contributed by atoms with van der Waals surface area (Å²) >= 11 is 0. The van der Waals surface area contributed by atoms with Crippen LogP contribution in [0.25, 0.3) is 0 Å². The lowest BCUT2D eigenvalue weighted by molar-refractivity contribution is -0.137. The highest BCUT2D eigenvalue weighted by Crippen LogP contribution is 2.14. The Morgan fingerprint density at radius 3 is 1.55 bits per heavy atom. The van der Waals surface area contributed by atoms with Gasteiger partial charge in [0.2, 0.25) is 65.0 Å². The second kappa shape index (κ2) is 39.7. The minimum atomic E-state index is -1.76. The molecule has 1 aromatic carbocycles. The lowest BCUT2D eigenvalue weighted by Gasteiger charge is -2.29. The van der Waals surface area contributed by atoms with Gasteiger partial charge < -0.3 is 102 Å². The molecule has 0 aromatic heterocycles. The van der Waals surface area contributed by atoms with Crippen molar-refractivity contribution >= 4 is 65.0 Å². The van der Waals surface area contributed by atoms with E-state index in [4.69, 9.17) is 28.7 Å². The summed E-state index contributed by atoms with van der Waals surface area (Å²) in [4.78, 5) is 154. The summed E-state index contributed by atoms with van der Waals surface area (Å²) in [6.45, 7) is 8.65. The van der Waals surface area contributed by atoms with Gasteiger partial charge in [0.25, 0.3) is 0 Å². The van der Waals surface area contributed by atoms with Crippen LogP contribution in [0.15, 0.2) is 30.3 Å². The molecule has 30 nitrogen and oxygen atoms in total. The second-order valence-corrected chi connectivity index (χ2v) is 22.2. The van der Waals surface area contributed by atoms with E-state index in [0.717, 1.165) is 6.42 Å². The van der Waals surface area contributed by atoms with Crippen molar-refractivity contribution < 1.29 is 68.1 Å². The Hall–Kier alpha value is -6.93. The van der Waals surface area contributed by atoms with Gasteiger partial charge in [-0.2, -0.15) is 0 Å². The molecule has 86 heavy (non-hydrogen) atoms. The molecule has 0 bridgehead atoms. The maximum atomic E-state index is 14.5. The van der Waals surface area contributed by atoms with Gasteiger partial charge in [-0.15, -0.1) is 0 Å². The van der Waals surface area contributed by atoms with Crippen molar-refractivity contribution in [3.8, 4) is 0 Å². The molecule has 0 spiro atoms. The SMILES string of the molecule is CC[C@H](C)CC[C@@H](O)CC(=O)N[C@@H](CCN)C(=O)NC(C(=O)N[C@@H](CCN)C(=O)NC1CCNC(=O)C([C@@H](C)O)NC(=O)[C@@H](CCN)NC(=O)[C@@H](CCN)NC(=O)[C@@H](CC(C)C)NC(=O)[C@@H](Cc2ccccc2)NC(=O)[C@@H](CCN)NC1=O)[C@@H](C)O. The number of nitrogens with one attached hydrogen (secondary N) is 11. The summed E-state index contributed by atoms with van der Waals surface area (Å²) < 4.78 is 0. The summed E-state index contributed by atoms with van der Waals surface area (Å²) in [6.07, 6.45) is -4.15. The van der Waals surface area contributed by atoms with Crippen molar-refractivity contribution in [2.75, 3.05) is 39.3 Å². The third-order valence-electron chi connectivity index (χ3n) is 14.3. The molecular weight excluding hydrogens is 1120 g/mol. The molecule has 2 rings (SSSR count). The Balaban J connectivity index is 2.68. The lowest BCUT2D eigenvalue weighted by atomic mass is 9.99. The van der Waals surface area contributed by atoms with Crippen molar-refractivity contribution in [3.63, 3.8) is 0 Å². The van der Waals surface area contributed by atoms with Gasteiger partial charge in [-0.25, -0.2) is 0 Å². The summed E-state index contributed by atoms with van der Waals surface area (Å²) in [6, 6.07) is -6.55. The van der Waals surface area contributed by atoms with Crippen molar-refractivity contribution in [1.29, 1.82) is 0 Å². The van der Waals surface area contributed by atoms with Crippen LogP contribution in [0.2, 0.25) is 0 Å². The van der Waals surface area contributed by atoms with Crippen LogP contribution < -0.4 is 87.2 Å². The molecule has 0 radical (unpaired) electrons. The molecule has 1 aliphatic heterocycles. The van der Waals surface area contributed by atoms with E-state index in [1.807, 2.05) is 13.8 Å². The minimum absolute atomic E-state index is 0.0383. The summed E-state index contributed by atoms with van der Waals surface area (Å²) in [5.74, 6) is -10.1. The van der Waals surface area contributed by atoms with Crippen LogP contribution in [0.3, 0.4) is 0 Å². The van der Waals surface area contributed by atoms with Gasteiger partial charge in [0.05, 0.1) is 24.7 Å². The topological polar surface area (TPSA) is 511 Å². The molecule has 3 unspecified atom stereocenters. The molecule has 14 atom stereocenters. The van der Waals surface area contributed by atoms with Crippen LogP contribution in [0.5, 0.6) is 0 Å². The summed E-state index contributed by atoms with van der Waals surface area (Å²) in [5, 5.41) is 59.9. The molecule has 0 aliphatic carbocycles. The highest BCUT2D eigenvalue weighted by atomic mass is 16.3. The van der Waals surface area contributed by atoms with E-state index < -0.39 is 157 Å². The minimum Gasteiger partial charge on any atom is -0.393 e. The fraction of sp³-hybridized carbons (Fsp3) is 0.696. The van der Waals surface area contributed by atoms with Crippen molar-refractivity contribution in [3.05, 3.63) is 35.9 Å². The van der Waals surface area contributed by atoms with E-state index in [-0.39, 0.29) is 90.0 Å². The van der Waals surface area contributed by atoms with E-state index in [9.17, 15) is 68.1 Å². The molecule has 1 aliphatic rings. The van der Waals surface area contributed by atoms with Gasteiger partial charge in [-0.1, -0.05) is 64.4 Å². The molecule has 1 heterocycles. The van der Waals surface area contributed by atoms with Gasteiger partial charge in [-0.3, -0.25) is 52.7 Å². The zero-order valence-electron chi connectivity index (χ0n) is 50.5. The predicted octanol–water partition coefficient (Wildman–Crippen LogP) is -6.27. The largest absolute Gasteiger partial charge is 0.393 e. The highest BCUT2D eigenvalue weighted by Gasteiger charge is 2.38. The fourth-order valence-electron chi connectivity index (χ4n) is 9.12. The molecule has 11 amide bonds. The van der Waals surface area contributed by atoms with Crippen molar-refractivity contribution in [1.82, 2.24) is 58.5 Å². The third kappa shape index (κ3) is 26.8. The Morgan fingerprint density at radius 1 is 0.558 bits per heavy atom. The number of amides is 11. The normalized spacial score (nSPS) is 23.2. The average Bonchev–Trinajstić information content (AvgIpc) is 3.18. The van der Waals surface area contributed by atoms with E-state index in [1.54, 1.807) is 44.2 Å². The number of benzene rings is 1. The second-order valence-electron chi connectivity index (χ2n) is 22.2. The zero-order chi connectivity index (χ0) is 64.6. The quantitative estimate of drug-likeness (QED) is 0.0355. The number of aliphatic hydroxyl groups excluding tert-OH is 3. The Labute approximate surface area is 503 Å². The van der Waals surface area contributed by atoms with Gasteiger partial charge >= 0.3 is 0 Å². The zero-order valence-corrected chi connectivity index (χ0v) is 50.5. The van der Waals surface area contributed by atoms with Crippen molar-refractivity contribution in [2.45, 2.75) is 197 Å². The lowest BCUT2D eigenvalue weighted by Crippen LogP contribution is -2.62. The summed E-state index contributed by atoms with van der Waals surface area (Å²) in [5.41, 5.74) is 29.9. The molecule has 24 N–H and O–H groups in total. The predicted molar refractivity (Wildman–Crippen MR) is 318 cm³/mol. The van der Waals surface area contributed by atoms with Gasteiger partial charge in [0, 0.05) is 13.0 Å². The molecule has 1 fully saturated rings. The first-order valence-corrected chi connectivity index (χ1v) is 29.6. The van der Waals surface area contributed by atoms with Gasteiger partial charge in [0.15, 0.2) is 0 Å². The first kappa shape index (κ1) is 75.2. The number of carbonyl (C=O) groups excluding carboxylic acids is 11. The maximum Gasteiger partial charge on any atom is 0.245 e. The number of carbonyl (C=O) groups is 11. The number of aliphatic hydroxyl groups is 3. The van der Waals surface area contributed by atoms with Gasteiger partial charge in [-0.05, 0) is 122 Å². The smallest absolute Gasteiger partial charge is 0.245 e. The Bertz CT molecular complexity index is 2350. The molecule has 1 saturated heterocycles. The molecule has 486 valence electrons. The van der Waals surface area contributed by atoms with E-state index in [2.05, 4.69) is 58.5 Å². The molecule has 0 saturated carbocycles. The van der Waals surface area contributed by atoms with E-state index >= 15 is 0 Å². The molecule has 30 heteroatoms. The molecule has 1 aromatic rings. The van der Waals surface area contributed by atoms with Crippen LogP contribution >= 0.6 is 0 Å². The van der Waals surface area contributed by atoms with Crippen LogP contribution in [-0.4, -0.2) is 198 Å². The van der Waals surface area contributed by atoms with E-state index in [0.29, 0.717) is 24.3 Å². The first-order valence-electron chi connectivity index (χ1n) is 29.6. The van der Waals surface area contributed by atoms with Crippen LogP contribution in [0.4, 0.5) is 0 Å². The number of nitrogens with two attached hydrogens (primary N) is 5. The Kier molecular flexibility index (Phi) is 34.7. The standard InChI is InChI=1S/C56H98N16O14/c1-7-31(4)13-14-35(75)29-44(76)63-36(15-21-57)51(81)72-46(33(6)74)56(86)68-39(18-24-60)48(78)67-41-20-26-62-55(85)45(32(5)73)71-52(82)40(19-25-61)65-47(77)37(16-22-58)66-53(83)42(27-30(2)3)69-54(84)43(28-34-11-9-8-10-12-34)70-49(79)38(17-23-59)64-50(41)80/h8-12,30-33,35-43,45-46,73-75H,7,13-29,57-61H2,1-6H3,(H,62,85)(H,63,76)(H,64,80)(H,65,77)(H,66,83)(H,67,78)(H,68,86)(H,69,84)(H,70,79)(H,71,82)(H,72,81)/t31-,32+,33+,35+,36-,37+,38+,39-,40+,41?,42+,43+,45?,46?/m0/s1. The van der Waals surface area contributed by atoms with Gasteiger partial charge in [0.1, 0.15) is 60.4 Å². The first-order chi connectivity index (χ1) is 40.7. The number of hydrogen-bond donors (Lipinski definition) is 19.